The molecule has 0 saturated carbocycles. The van der Waals surface area contributed by atoms with Crippen LogP contribution >= 0.6 is 0 Å². The van der Waals surface area contributed by atoms with Gasteiger partial charge in [-0.15, -0.1) is 0 Å². The summed E-state index contributed by atoms with van der Waals surface area (Å²) in [6.07, 6.45) is 1.78. The third kappa shape index (κ3) is 2.27. The maximum absolute atomic E-state index is 12.3. The lowest BCUT2D eigenvalue weighted by Gasteiger charge is -2.25. The molecule has 100 valence electrons. The van der Waals surface area contributed by atoms with Crippen molar-refractivity contribution in [1.82, 2.24) is 15.8 Å². The van der Waals surface area contributed by atoms with Gasteiger partial charge >= 0.3 is 0 Å². The molecule has 1 aliphatic heterocycles. The molecule has 2 rings (SSSR count). The van der Waals surface area contributed by atoms with Gasteiger partial charge in [-0.25, -0.2) is 0 Å². The molecule has 1 aromatic rings. The monoisotopic (exact) mass is 251 g/mol. The smallest absolute Gasteiger partial charge is 0.227 e. The van der Waals surface area contributed by atoms with Crippen molar-refractivity contribution < 1.29 is 9.32 Å². The molecule has 0 aromatic carbocycles. The fraction of sp³-hybridized carbons (Fsp3) is 0.692. The van der Waals surface area contributed by atoms with Crippen molar-refractivity contribution in [2.45, 2.75) is 40.2 Å². The molecule has 0 radical (unpaired) electrons. The van der Waals surface area contributed by atoms with Crippen LogP contribution in [0, 0.1) is 19.3 Å². The number of aromatic nitrogens is 1. The van der Waals surface area contributed by atoms with Gasteiger partial charge in [-0.3, -0.25) is 4.79 Å². The maximum atomic E-state index is 12.3. The summed E-state index contributed by atoms with van der Waals surface area (Å²) in [5, 5.41) is 10.2. The van der Waals surface area contributed by atoms with Crippen LogP contribution in [-0.2, 0) is 11.3 Å². The highest BCUT2D eigenvalue weighted by atomic mass is 16.5. The molecular formula is C13H21N3O2. The summed E-state index contributed by atoms with van der Waals surface area (Å²) < 4.78 is 5.09. The zero-order valence-corrected chi connectivity index (χ0v) is 11.3. The van der Waals surface area contributed by atoms with E-state index < -0.39 is 0 Å². The zero-order valence-electron chi connectivity index (χ0n) is 11.3. The minimum Gasteiger partial charge on any atom is -0.361 e. The van der Waals surface area contributed by atoms with Gasteiger partial charge in [-0.05, 0) is 33.2 Å². The van der Waals surface area contributed by atoms with E-state index >= 15 is 0 Å². The van der Waals surface area contributed by atoms with E-state index in [0.717, 1.165) is 42.9 Å². The van der Waals surface area contributed by atoms with Gasteiger partial charge in [0.15, 0.2) is 0 Å². The second-order valence-electron chi connectivity index (χ2n) is 5.05. The van der Waals surface area contributed by atoms with Crippen LogP contribution in [0.15, 0.2) is 4.52 Å². The number of aryl methyl sites for hydroxylation is 2. The summed E-state index contributed by atoms with van der Waals surface area (Å²) in [6.45, 7) is 8.03. The molecule has 1 atom stereocenters. The molecule has 0 bridgehead atoms. The van der Waals surface area contributed by atoms with E-state index in [1.165, 1.54) is 0 Å². The summed E-state index contributed by atoms with van der Waals surface area (Å²) in [5.74, 6) is 0.915. The molecule has 5 nitrogen and oxygen atoms in total. The number of hydrogen-bond donors (Lipinski definition) is 2. The highest BCUT2D eigenvalue weighted by Crippen LogP contribution is 2.29. The normalized spacial score (nSPS) is 23.3. The minimum absolute atomic E-state index is 0.134. The SMILES string of the molecule is CCC1(C(=O)NCc2c(C)noc2C)CCNC1. The third-order valence-corrected chi connectivity index (χ3v) is 4.01. The van der Waals surface area contributed by atoms with Gasteiger partial charge in [0, 0.05) is 18.7 Å². The topological polar surface area (TPSA) is 67.2 Å². The Labute approximate surface area is 107 Å². The molecule has 0 aliphatic carbocycles. The molecule has 1 aliphatic rings. The van der Waals surface area contributed by atoms with Gasteiger partial charge in [0.2, 0.25) is 5.91 Å². The van der Waals surface area contributed by atoms with E-state index in [0.29, 0.717) is 6.54 Å². The molecular weight excluding hydrogens is 230 g/mol. The molecule has 2 N–H and O–H groups in total. The number of carbonyl (C=O) groups excluding carboxylic acids is 1. The summed E-state index contributed by atoms with van der Waals surface area (Å²) in [5.41, 5.74) is 1.60. The number of carbonyl (C=O) groups is 1. The Hall–Kier alpha value is -1.36. The molecule has 1 saturated heterocycles. The predicted molar refractivity (Wildman–Crippen MR) is 68.0 cm³/mol. The van der Waals surface area contributed by atoms with E-state index in [1.807, 2.05) is 13.8 Å². The van der Waals surface area contributed by atoms with Crippen LogP contribution < -0.4 is 10.6 Å². The van der Waals surface area contributed by atoms with Crippen LogP contribution in [-0.4, -0.2) is 24.2 Å². The first-order valence-electron chi connectivity index (χ1n) is 6.50. The summed E-state index contributed by atoms with van der Waals surface area (Å²) in [6, 6.07) is 0. The predicted octanol–water partition coefficient (Wildman–Crippen LogP) is 1.30. The highest BCUT2D eigenvalue weighted by molar-refractivity contribution is 5.83. The van der Waals surface area contributed by atoms with Gasteiger partial charge in [0.05, 0.1) is 11.1 Å². The average molecular weight is 251 g/mol. The van der Waals surface area contributed by atoms with Gasteiger partial charge in [-0.2, -0.15) is 0 Å². The molecule has 5 heteroatoms. The molecule has 1 amide bonds. The van der Waals surface area contributed by atoms with Crippen molar-refractivity contribution in [3.05, 3.63) is 17.0 Å². The van der Waals surface area contributed by atoms with Gasteiger partial charge in [0.25, 0.3) is 0 Å². The van der Waals surface area contributed by atoms with Crippen molar-refractivity contribution >= 4 is 5.91 Å². The first-order valence-corrected chi connectivity index (χ1v) is 6.50. The standard InChI is InChI=1S/C13H21N3O2/c1-4-13(5-6-14-8-13)12(17)15-7-11-9(2)16-18-10(11)3/h14H,4-8H2,1-3H3,(H,15,17). The van der Waals surface area contributed by atoms with E-state index in [2.05, 4.69) is 22.7 Å². The van der Waals surface area contributed by atoms with Crippen molar-refractivity contribution in [3.8, 4) is 0 Å². The molecule has 2 heterocycles. The van der Waals surface area contributed by atoms with Crippen molar-refractivity contribution in [3.63, 3.8) is 0 Å². The van der Waals surface area contributed by atoms with E-state index in [9.17, 15) is 4.79 Å². The summed E-state index contributed by atoms with van der Waals surface area (Å²) in [4.78, 5) is 12.3. The number of hydrogen-bond acceptors (Lipinski definition) is 4. The maximum Gasteiger partial charge on any atom is 0.227 e. The Morgan fingerprint density at radius 2 is 2.33 bits per heavy atom. The Bertz CT molecular complexity index is 414. The summed E-state index contributed by atoms with van der Waals surface area (Å²) >= 11 is 0. The lowest BCUT2D eigenvalue weighted by atomic mass is 9.83. The molecule has 18 heavy (non-hydrogen) atoms. The Kier molecular flexibility index (Phi) is 3.71. The first kappa shape index (κ1) is 13.1. The van der Waals surface area contributed by atoms with Crippen LogP contribution in [0.3, 0.4) is 0 Å². The average Bonchev–Trinajstić information content (AvgIpc) is 2.96. The van der Waals surface area contributed by atoms with E-state index in [-0.39, 0.29) is 11.3 Å². The van der Waals surface area contributed by atoms with E-state index in [1.54, 1.807) is 0 Å². The Morgan fingerprint density at radius 3 is 2.83 bits per heavy atom. The minimum atomic E-state index is -0.237. The van der Waals surface area contributed by atoms with Crippen LogP contribution in [0.1, 0.15) is 36.8 Å². The Balaban J connectivity index is 2.00. The van der Waals surface area contributed by atoms with Crippen LogP contribution in [0.4, 0.5) is 0 Å². The lowest BCUT2D eigenvalue weighted by Crippen LogP contribution is -2.41. The molecule has 1 unspecified atom stereocenters. The molecule has 1 fully saturated rings. The second-order valence-corrected chi connectivity index (χ2v) is 5.05. The number of nitrogens with zero attached hydrogens (tertiary/aromatic N) is 1. The fourth-order valence-corrected chi connectivity index (χ4v) is 2.51. The quantitative estimate of drug-likeness (QED) is 0.846. The van der Waals surface area contributed by atoms with Crippen molar-refractivity contribution in [1.29, 1.82) is 0 Å². The van der Waals surface area contributed by atoms with Crippen molar-refractivity contribution in [2.24, 2.45) is 5.41 Å². The summed E-state index contributed by atoms with van der Waals surface area (Å²) in [7, 11) is 0. The largest absolute Gasteiger partial charge is 0.361 e. The van der Waals surface area contributed by atoms with Gasteiger partial charge in [0.1, 0.15) is 5.76 Å². The van der Waals surface area contributed by atoms with Crippen LogP contribution in [0.5, 0.6) is 0 Å². The van der Waals surface area contributed by atoms with Crippen LogP contribution in [0.25, 0.3) is 0 Å². The Morgan fingerprint density at radius 1 is 1.56 bits per heavy atom. The number of rotatable bonds is 4. The molecule has 1 aromatic heterocycles. The van der Waals surface area contributed by atoms with E-state index in [4.69, 9.17) is 4.52 Å². The third-order valence-electron chi connectivity index (χ3n) is 4.01. The van der Waals surface area contributed by atoms with Crippen LogP contribution in [0.2, 0.25) is 0 Å². The lowest BCUT2D eigenvalue weighted by molar-refractivity contribution is -0.130. The van der Waals surface area contributed by atoms with Gasteiger partial charge in [-0.1, -0.05) is 12.1 Å². The second kappa shape index (κ2) is 5.10. The van der Waals surface area contributed by atoms with Gasteiger partial charge < -0.3 is 15.2 Å². The first-order chi connectivity index (χ1) is 8.59. The highest BCUT2D eigenvalue weighted by Gasteiger charge is 2.39. The molecule has 0 spiro atoms. The fourth-order valence-electron chi connectivity index (χ4n) is 2.51. The van der Waals surface area contributed by atoms with Crippen molar-refractivity contribution in [2.75, 3.05) is 13.1 Å². The number of nitrogens with one attached hydrogen (secondary N) is 2. The number of amides is 1. The zero-order chi connectivity index (χ0) is 13.2.